The Kier molecular flexibility index (Phi) is 8.93. The van der Waals surface area contributed by atoms with E-state index in [4.69, 9.17) is 5.73 Å². The highest BCUT2D eigenvalue weighted by Gasteiger charge is 2.36. The van der Waals surface area contributed by atoms with E-state index in [1.54, 1.807) is 42.5 Å². The number of amides is 3. The second-order valence-electron chi connectivity index (χ2n) is 9.37. The molecule has 2 aromatic rings. The van der Waals surface area contributed by atoms with Crippen LogP contribution < -0.4 is 21.7 Å². The molecule has 0 bridgehead atoms. The van der Waals surface area contributed by atoms with Crippen molar-refractivity contribution in [2.75, 3.05) is 6.54 Å². The fourth-order valence-electron chi connectivity index (χ4n) is 4.52. The number of halogens is 1. The van der Waals surface area contributed by atoms with Crippen LogP contribution in [-0.2, 0) is 19.2 Å². The molecule has 0 aromatic heterocycles. The normalized spacial score (nSPS) is 16.9. The van der Waals surface area contributed by atoms with E-state index in [-0.39, 0.29) is 17.0 Å². The summed E-state index contributed by atoms with van der Waals surface area (Å²) in [5, 5.41) is 8.31. The van der Waals surface area contributed by atoms with Gasteiger partial charge in [-0.25, -0.2) is 4.39 Å². The number of hydrogen-bond donors (Lipinski definition) is 4. The number of ketones is 1. The number of benzene rings is 2. The van der Waals surface area contributed by atoms with Crippen LogP contribution in [0.15, 0.2) is 42.5 Å². The van der Waals surface area contributed by atoms with Crippen LogP contribution >= 0.6 is 0 Å². The molecule has 192 valence electrons. The van der Waals surface area contributed by atoms with Gasteiger partial charge in [0.15, 0.2) is 5.78 Å². The Bertz CT molecular complexity index is 1110. The number of rotatable bonds is 10. The molecule has 1 aliphatic rings. The average Bonchev–Trinajstić information content (AvgIpc) is 3.36. The van der Waals surface area contributed by atoms with Gasteiger partial charge >= 0.3 is 0 Å². The largest absolute Gasteiger partial charge is 0.370 e. The van der Waals surface area contributed by atoms with Crippen molar-refractivity contribution in [1.29, 1.82) is 0 Å². The quantitative estimate of drug-likeness (QED) is 0.402. The molecule has 0 spiro atoms. The molecule has 0 saturated carbocycles. The van der Waals surface area contributed by atoms with Crippen molar-refractivity contribution < 1.29 is 23.6 Å². The minimum Gasteiger partial charge on any atom is -0.370 e. The van der Waals surface area contributed by atoms with E-state index in [0.717, 1.165) is 6.42 Å². The number of carbonyl (C=O) groups excluding carboxylic acids is 4. The molecule has 1 aliphatic heterocycles. The van der Waals surface area contributed by atoms with Crippen molar-refractivity contribution >= 4 is 23.5 Å². The van der Waals surface area contributed by atoms with E-state index in [0.29, 0.717) is 24.1 Å². The van der Waals surface area contributed by atoms with Gasteiger partial charge in [-0.05, 0) is 42.0 Å². The summed E-state index contributed by atoms with van der Waals surface area (Å²) in [4.78, 5) is 50.4. The van der Waals surface area contributed by atoms with Crippen molar-refractivity contribution in [1.82, 2.24) is 16.0 Å². The Morgan fingerprint density at radius 3 is 2.28 bits per heavy atom. The van der Waals surface area contributed by atoms with Crippen LogP contribution in [0.2, 0.25) is 0 Å². The summed E-state index contributed by atoms with van der Waals surface area (Å²) in [7, 11) is 0. The molecule has 5 N–H and O–H groups in total. The standard InChI is InChI=1S/C27H33FN4O4/c1-15(2)18-11-12-19(23(24(18)28)17-8-5-4-6-9-17)25(32-27(36)20-10-7-13-30-20)26(35)21(14-22(29)34)31-16(3)33/h4-6,8-9,11-12,15,20-21,25,30H,7,10,13-14H2,1-3H3,(H2,29,34)(H,31,33)(H,32,36)/t20?,21-,25?/m1/s1. The third-order valence-corrected chi connectivity index (χ3v) is 6.27. The van der Waals surface area contributed by atoms with E-state index in [2.05, 4.69) is 16.0 Å². The van der Waals surface area contributed by atoms with Gasteiger partial charge in [0.2, 0.25) is 17.7 Å². The second-order valence-corrected chi connectivity index (χ2v) is 9.37. The van der Waals surface area contributed by atoms with Gasteiger partial charge in [0.05, 0.1) is 18.5 Å². The van der Waals surface area contributed by atoms with Gasteiger partial charge in [-0.3, -0.25) is 19.2 Å². The fourth-order valence-corrected chi connectivity index (χ4v) is 4.52. The van der Waals surface area contributed by atoms with Gasteiger partial charge in [0.25, 0.3) is 0 Å². The summed E-state index contributed by atoms with van der Waals surface area (Å²) in [6.07, 6.45) is 0.939. The van der Waals surface area contributed by atoms with E-state index in [1.165, 1.54) is 6.92 Å². The van der Waals surface area contributed by atoms with Crippen LogP contribution in [0.1, 0.15) is 63.1 Å². The fraction of sp³-hybridized carbons (Fsp3) is 0.407. The Labute approximate surface area is 210 Å². The lowest BCUT2D eigenvalue weighted by molar-refractivity contribution is -0.132. The van der Waals surface area contributed by atoms with Crippen LogP contribution in [0.3, 0.4) is 0 Å². The first-order valence-corrected chi connectivity index (χ1v) is 12.1. The maximum Gasteiger partial charge on any atom is 0.237 e. The molecule has 1 fully saturated rings. The predicted molar refractivity (Wildman–Crippen MR) is 134 cm³/mol. The molecule has 2 aromatic carbocycles. The number of Topliss-reactive ketones (excluding diaryl/α,β-unsaturated/α-hetero) is 1. The minimum atomic E-state index is -1.33. The molecule has 0 aliphatic carbocycles. The van der Waals surface area contributed by atoms with Crippen molar-refractivity contribution in [2.45, 2.75) is 64.1 Å². The van der Waals surface area contributed by atoms with Crippen LogP contribution in [0.4, 0.5) is 4.39 Å². The second kappa shape index (κ2) is 11.9. The first-order valence-electron chi connectivity index (χ1n) is 12.1. The Balaban J connectivity index is 2.18. The highest BCUT2D eigenvalue weighted by molar-refractivity contribution is 5.99. The molecular weight excluding hydrogens is 463 g/mol. The summed E-state index contributed by atoms with van der Waals surface area (Å²) in [6.45, 7) is 5.61. The van der Waals surface area contributed by atoms with Crippen LogP contribution in [0.25, 0.3) is 11.1 Å². The molecule has 2 unspecified atom stereocenters. The van der Waals surface area contributed by atoms with Crippen LogP contribution in [0, 0.1) is 5.82 Å². The molecule has 3 amide bonds. The topological polar surface area (TPSA) is 130 Å². The Morgan fingerprint density at radius 2 is 1.72 bits per heavy atom. The zero-order valence-electron chi connectivity index (χ0n) is 20.8. The van der Waals surface area contributed by atoms with Crippen molar-refractivity contribution in [3.8, 4) is 11.1 Å². The minimum absolute atomic E-state index is 0.130. The van der Waals surface area contributed by atoms with Gasteiger partial charge in [-0.2, -0.15) is 0 Å². The van der Waals surface area contributed by atoms with Gasteiger partial charge in [0.1, 0.15) is 11.9 Å². The number of carbonyl (C=O) groups is 4. The molecule has 1 heterocycles. The van der Waals surface area contributed by atoms with Gasteiger partial charge in [-0.1, -0.05) is 56.3 Å². The zero-order chi connectivity index (χ0) is 26.4. The molecule has 3 atom stereocenters. The third kappa shape index (κ3) is 6.34. The van der Waals surface area contributed by atoms with E-state index in [1.807, 2.05) is 13.8 Å². The summed E-state index contributed by atoms with van der Waals surface area (Å²) in [6, 6.07) is 8.85. The van der Waals surface area contributed by atoms with E-state index in [9.17, 15) is 19.2 Å². The number of nitrogens with two attached hydrogens (primary N) is 1. The smallest absolute Gasteiger partial charge is 0.237 e. The molecule has 9 heteroatoms. The maximum absolute atomic E-state index is 16.0. The highest BCUT2D eigenvalue weighted by Crippen LogP contribution is 2.36. The lowest BCUT2D eigenvalue weighted by Crippen LogP contribution is -2.50. The molecule has 8 nitrogen and oxygen atoms in total. The maximum atomic E-state index is 16.0. The summed E-state index contributed by atoms with van der Waals surface area (Å²) in [5.41, 5.74) is 6.75. The van der Waals surface area contributed by atoms with Gasteiger partial charge in [0, 0.05) is 12.5 Å². The monoisotopic (exact) mass is 496 g/mol. The van der Waals surface area contributed by atoms with Crippen LogP contribution in [-0.4, -0.2) is 42.1 Å². The summed E-state index contributed by atoms with van der Waals surface area (Å²) in [5.74, 6) is -3.04. The molecular formula is C27H33FN4O4. The van der Waals surface area contributed by atoms with Crippen molar-refractivity contribution in [2.24, 2.45) is 5.73 Å². The predicted octanol–water partition coefficient (Wildman–Crippen LogP) is 2.47. The molecule has 1 saturated heterocycles. The zero-order valence-corrected chi connectivity index (χ0v) is 20.8. The van der Waals surface area contributed by atoms with E-state index >= 15 is 4.39 Å². The Morgan fingerprint density at radius 1 is 1.06 bits per heavy atom. The summed E-state index contributed by atoms with van der Waals surface area (Å²) >= 11 is 0. The van der Waals surface area contributed by atoms with Crippen molar-refractivity contribution in [3.63, 3.8) is 0 Å². The van der Waals surface area contributed by atoms with Crippen molar-refractivity contribution in [3.05, 3.63) is 59.4 Å². The third-order valence-electron chi connectivity index (χ3n) is 6.27. The molecule has 3 rings (SSSR count). The lowest BCUT2D eigenvalue weighted by atomic mass is 9.86. The van der Waals surface area contributed by atoms with Gasteiger partial charge < -0.3 is 21.7 Å². The number of hydrogen-bond acceptors (Lipinski definition) is 5. The highest BCUT2D eigenvalue weighted by atomic mass is 19.1. The molecule has 0 radical (unpaired) electrons. The van der Waals surface area contributed by atoms with Crippen LogP contribution in [0.5, 0.6) is 0 Å². The SMILES string of the molecule is CC(=O)N[C@H](CC(N)=O)C(=O)C(NC(=O)C1CCCN1)c1ccc(C(C)C)c(F)c1-c1ccccc1. The lowest BCUT2D eigenvalue weighted by Gasteiger charge is -2.27. The van der Waals surface area contributed by atoms with Gasteiger partial charge in [-0.15, -0.1) is 0 Å². The van der Waals surface area contributed by atoms with E-state index < -0.39 is 53.9 Å². The number of primary amides is 1. The molecule has 36 heavy (non-hydrogen) atoms. The first-order chi connectivity index (χ1) is 17.1. The summed E-state index contributed by atoms with van der Waals surface area (Å²) < 4.78 is 16.0. The first kappa shape index (κ1) is 27.0. The number of nitrogens with one attached hydrogen (secondary N) is 3. The average molecular weight is 497 g/mol. The Hall–Kier alpha value is -3.59.